The molecule has 3 heteroatoms. The summed E-state index contributed by atoms with van der Waals surface area (Å²) in [4.78, 5) is 11.5. The van der Waals surface area contributed by atoms with Crippen molar-refractivity contribution in [3.63, 3.8) is 0 Å². The zero-order valence-electron chi connectivity index (χ0n) is 9.83. The highest BCUT2D eigenvalue weighted by Gasteiger charge is 2.20. The van der Waals surface area contributed by atoms with Crippen LogP contribution in [0.15, 0.2) is 0 Å². The third-order valence-corrected chi connectivity index (χ3v) is 3.44. The number of nitrogens with one attached hydrogen (secondary N) is 1. The lowest BCUT2D eigenvalue weighted by Crippen LogP contribution is -2.35. The normalized spacial score (nSPS) is 28.5. The summed E-state index contributed by atoms with van der Waals surface area (Å²) in [5, 5.41) is 12.3. The largest absolute Gasteiger partial charge is 0.393 e. The van der Waals surface area contributed by atoms with Crippen LogP contribution in [0.4, 0.5) is 0 Å². The Morgan fingerprint density at radius 1 is 1.40 bits per heavy atom. The van der Waals surface area contributed by atoms with Crippen LogP contribution in [0.1, 0.15) is 46.0 Å². The van der Waals surface area contributed by atoms with Gasteiger partial charge in [-0.2, -0.15) is 0 Å². The van der Waals surface area contributed by atoms with E-state index < -0.39 is 0 Å². The van der Waals surface area contributed by atoms with E-state index in [4.69, 9.17) is 0 Å². The molecule has 0 radical (unpaired) electrons. The molecular formula is C12H23NO2. The first-order chi connectivity index (χ1) is 7.13. The molecule has 2 N–H and O–H groups in total. The summed E-state index contributed by atoms with van der Waals surface area (Å²) in [6.45, 7) is 4.77. The second-order valence-electron chi connectivity index (χ2n) is 4.73. The molecule has 0 spiro atoms. The highest BCUT2D eigenvalue weighted by molar-refractivity contribution is 5.78. The Morgan fingerprint density at radius 3 is 2.53 bits per heavy atom. The van der Waals surface area contributed by atoms with E-state index in [9.17, 15) is 9.90 Å². The minimum absolute atomic E-state index is 0.105. The molecule has 1 fully saturated rings. The summed E-state index contributed by atoms with van der Waals surface area (Å²) in [6.07, 6.45) is 4.67. The fourth-order valence-electron chi connectivity index (χ4n) is 1.95. The molecule has 1 saturated carbocycles. The third kappa shape index (κ3) is 4.20. The van der Waals surface area contributed by atoms with Gasteiger partial charge in [-0.15, -0.1) is 0 Å². The van der Waals surface area contributed by atoms with Gasteiger partial charge < -0.3 is 10.4 Å². The molecule has 88 valence electrons. The maximum Gasteiger partial charge on any atom is 0.222 e. The van der Waals surface area contributed by atoms with Crippen LogP contribution in [0.2, 0.25) is 0 Å². The van der Waals surface area contributed by atoms with E-state index in [0.717, 1.165) is 38.6 Å². The molecule has 3 nitrogen and oxygen atoms in total. The van der Waals surface area contributed by atoms with Gasteiger partial charge in [0.1, 0.15) is 0 Å². The molecular weight excluding hydrogens is 190 g/mol. The zero-order chi connectivity index (χ0) is 11.3. The SMILES string of the molecule is CCC(C)C(=O)NCC1CCC(O)CC1. The van der Waals surface area contributed by atoms with Crippen molar-refractivity contribution in [1.29, 1.82) is 0 Å². The van der Waals surface area contributed by atoms with Crippen molar-refractivity contribution in [3.05, 3.63) is 0 Å². The molecule has 0 aromatic rings. The van der Waals surface area contributed by atoms with Gasteiger partial charge in [-0.1, -0.05) is 13.8 Å². The first kappa shape index (κ1) is 12.5. The number of rotatable bonds is 4. The number of carbonyl (C=O) groups is 1. The number of aliphatic hydroxyl groups excluding tert-OH is 1. The maximum absolute atomic E-state index is 11.5. The molecule has 0 aromatic heterocycles. The second kappa shape index (κ2) is 6.11. The fraction of sp³-hybridized carbons (Fsp3) is 0.917. The molecule has 0 aromatic carbocycles. The predicted octanol–water partition coefficient (Wildman–Crippen LogP) is 1.70. The Labute approximate surface area is 92.3 Å². The smallest absolute Gasteiger partial charge is 0.222 e. The Balaban J connectivity index is 2.17. The molecule has 15 heavy (non-hydrogen) atoms. The lowest BCUT2D eigenvalue weighted by molar-refractivity contribution is -0.124. The third-order valence-electron chi connectivity index (χ3n) is 3.44. The summed E-state index contributed by atoms with van der Waals surface area (Å²) in [6, 6.07) is 0. The average Bonchev–Trinajstić information content (AvgIpc) is 2.26. The molecule has 1 unspecified atom stereocenters. The lowest BCUT2D eigenvalue weighted by Gasteiger charge is -2.25. The van der Waals surface area contributed by atoms with Gasteiger partial charge in [0.25, 0.3) is 0 Å². The highest BCUT2D eigenvalue weighted by Crippen LogP contribution is 2.23. The molecule has 1 aliphatic rings. The van der Waals surface area contributed by atoms with Crippen LogP contribution in [0.3, 0.4) is 0 Å². The van der Waals surface area contributed by atoms with Crippen molar-refractivity contribution in [2.45, 2.75) is 52.1 Å². The maximum atomic E-state index is 11.5. The van der Waals surface area contributed by atoms with Crippen molar-refractivity contribution >= 4 is 5.91 Å². The summed E-state index contributed by atoms with van der Waals surface area (Å²) < 4.78 is 0. The van der Waals surface area contributed by atoms with Gasteiger partial charge in [-0.25, -0.2) is 0 Å². The Hall–Kier alpha value is -0.570. The Bertz CT molecular complexity index is 198. The lowest BCUT2D eigenvalue weighted by atomic mass is 9.87. The first-order valence-corrected chi connectivity index (χ1v) is 6.09. The van der Waals surface area contributed by atoms with Gasteiger partial charge in [0, 0.05) is 12.5 Å². The zero-order valence-corrected chi connectivity index (χ0v) is 9.83. The summed E-state index contributed by atoms with van der Waals surface area (Å²) in [7, 11) is 0. The van der Waals surface area contributed by atoms with Gasteiger partial charge in [0.2, 0.25) is 5.91 Å². The predicted molar refractivity (Wildman–Crippen MR) is 60.4 cm³/mol. The van der Waals surface area contributed by atoms with Crippen LogP contribution in [-0.2, 0) is 4.79 Å². The minimum atomic E-state index is -0.105. The van der Waals surface area contributed by atoms with Crippen molar-refractivity contribution < 1.29 is 9.90 Å². The van der Waals surface area contributed by atoms with Gasteiger partial charge in [-0.05, 0) is 38.0 Å². The summed E-state index contributed by atoms with van der Waals surface area (Å²) in [5.41, 5.74) is 0. The number of hydrogen-bond donors (Lipinski definition) is 2. The monoisotopic (exact) mass is 213 g/mol. The van der Waals surface area contributed by atoms with Gasteiger partial charge >= 0.3 is 0 Å². The Kier molecular flexibility index (Phi) is 5.09. The van der Waals surface area contributed by atoms with Crippen molar-refractivity contribution in [1.82, 2.24) is 5.32 Å². The topological polar surface area (TPSA) is 49.3 Å². The van der Waals surface area contributed by atoms with E-state index in [0.29, 0.717) is 5.92 Å². The molecule has 1 amide bonds. The van der Waals surface area contributed by atoms with E-state index in [1.54, 1.807) is 0 Å². The molecule has 0 bridgehead atoms. The molecule has 0 heterocycles. The molecule has 0 saturated heterocycles. The number of aliphatic hydroxyl groups is 1. The van der Waals surface area contributed by atoms with Crippen LogP contribution in [-0.4, -0.2) is 23.7 Å². The van der Waals surface area contributed by atoms with Crippen LogP contribution in [0, 0.1) is 11.8 Å². The van der Waals surface area contributed by atoms with E-state index in [1.165, 1.54) is 0 Å². The Morgan fingerprint density at radius 2 is 2.00 bits per heavy atom. The quantitative estimate of drug-likeness (QED) is 0.746. The molecule has 0 aliphatic heterocycles. The molecule has 1 atom stereocenters. The van der Waals surface area contributed by atoms with Crippen molar-refractivity contribution in [3.8, 4) is 0 Å². The molecule has 1 rings (SSSR count). The van der Waals surface area contributed by atoms with Crippen LogP contribution in [0.25, 0.3) is 0 Å². The first-order valence-electron chi connectivity index (χ1n) is 6.09. The van der Waals surface area contributed by atoms with Crippen LogP contribution in [0.5, 0.6) is 0 Å². The van der Waals surface area contributed by atoms with Crippen LogP contribution >= 0.6 is 0 Å². The second-order valence-corrected chi connectivity index (χ2v) is 4.73. The average molecular weight is 213 g/mol. The van der Waals surface area contributed by atoms with E-state index in [1.807, 2.05) is 13.8 Å². The molecule has 1 aliphatic carbocycles. The van der Waals surface area contributed by atoms with E-state index in [2.05, 4.69) is 5.32 Å². The standard InChI is InChI=1S/C12H23NO2/c1-3-9(2)12(15)13-8-10-4-6-11(14)7-5-10/h9-11,14H,3-8H2,1-2H3,(H,13,15). The summed E-state index contributed by atoms with van der Waals surface area (Å²) in [5.74, 6) is 0.865. The van der Waals surface area contributed by atoms with Gasteiger partial charge in [-0.3, -0.25) is 4.79 Å². The minimum Gasteiger partial charge on any atom is -0.393 e. The highest BCUT2D eigenvalue weighted by atomic mass is 16.3. The van der Waals surface area contributed by atoms with E-state index >= 15 is 0 Å². The van der Waals surface area contributed by atoms with Crippen LogP contribution < -0.4 is 5.32 Å². The van der Waals surface area contributed by atoms with Crippen molar-refractivity contribution in [2.75, 3.05) is 6.54 Å². The van der Waals surface area contributed by atoms with Gasteiger partial charge in [0.05, 0.1) is 6.10 Å². The number of amides is 1. The fourth-order valence-corrected chi connectivity index (χ4v) is 1.95. The number of carbonyl (C=O) groups excluding carboxylic acids is 1. The number of hydrogen-bond acceptors (Lipinski definition) is 2. The van der Waals surface area contributed by atoms with Crippen molar-refractivity contribution in [2.24, 2.45) is 11.8 Å². The van der Waals surface area contributed by atoms with Gasteiger partial charge in [0.15, 0.2) is 0 Å². The van der Waals surface area contributed by atoms with E-state index in [-0.39, 0.29) is 17.9 Å². The summed E-state index contributed by atoms with van der Waals surface area (Å²) >= 11 is 0.